The van der Waals surface area contributed by atoms with E-state index in [2.05, 4.69) is 43.5 Å². The molecule has 0 aromatic rings. The number of aliphatic hydroxyl groups excluding tert-OH is 2. The van der Waals surface area contributed by atoms with Gasteiger partial charge in [-0.1, -0.05) is 224 Å². The molecule has 0 aliphatic rings. The first-order valence-corrected chi connectivity index (χ1v) is 27.1. The van der Waals surface area contributed by atoms with E-state index in [9.17, 15) is 19.8 Å². The van der Waals surface area contributed by atoms with Gasteiger partial charge in [0.05, 0.1) is 25.4 Å². The van der Waals surface area contributed by atoms with E-state index in [0.29, 0.717) is 25.9 Å². The third-order valence-electron chi connectivity index (χ3n) is 12.5. The van der Waals surface area contributed by atoms with Gasteiger partial charge in [0.15, 0.2) is 0 Å². The summed E-state index contributed by atoms with van der Waals surface area (Å²) in [6, 6.07) is -0.552. The second-order valence-corrected chi connectivity index (χ2v) is 18.6. The maximum absolute atomic E-state index is 12.5. The summed E-state index contributed by atoms with van der Waals surface area (Å²) in [7, 11) is 0. The van der Waals surface area contributed by atoms with Crippen molar-refractivity contribution >= 4 is 11.9 Å². The van der Waals surface area contributed by atoms with Gasteiger partial charge in [0, 0.05) is 12.8 Å². The molecule has 0 aromatic carbocycles. The van der Waals surface area contributed by atoms with Gasteiger partial charge in [-0.3, -0.25) is 9.59 Å². The van der Waals surface area contributed by atoms with Gasteiger partial charge in [0.1, 0.15) is 0 Å². The predicted octanol–water partition coefficient (Wildman–Crippen LogP) is 16.3. The molecule has 0 saturated carbocycles. The van der Waals surface area contributed by atoms with Crippen LogP contribution >= 0.6 is 0 Å². The van der Waals surface area contributed by atoms with Crippen molar-refractivity contribution in [2.24, 2.45) is 0 Å². The van der Waals surface area contributed by atoms with Crippen LogP contribution in [0.15, 0.2) is 24.3 Å². The van der Waals surface area contributed by atoms with E-state index in [-0.39, 0.29) is 18.5 Å². The topological polar surface area (TPSA) is 95.9 Å². The lowest BCUT2D eigenvalue weighted by Crippen LogP contribution is -2.45. The maximum atomic E-state index is 12.5. The first-order chi connectivity index (χ1) is 30.0. The SMILES string of the molecule is CCCCCCC/C=C\CCCCCCCC(=O)OCCCCCC/C=C\CCCCCCCCCC(=O)NC(CO)C(O)CCCCCCCCCCCCCCCCC. The molecule has 2 atom stereocenters. The molecule has 0 radical (unpaired) electrons. The Kier molecular flexibility index (Phi) is 49.6. The van der Waals surface area contributed by atoms with Crippen molar-refractivity contribution in [1.29, 1.82) is 0 Å². The van der Waals surface area contributed by atoms with Crippen LogP contribution in [-0.4, -0.2) is 47.4 Å². The second-order valence-electron chi connectivity index (χ2n) is 18.6. The number of hydrogen-bond donors (Lipinski definition) is 3. The Bertz CT molecular complexity index is 951. The van der Waals surface area contributed by atoms with Crippen LogP contribution in [0, 0.1) is 0 Å². The summed E-state index contributed by atoms with van der Waals surface area (Å²) < 4.78 is 5.45. The van der Waals surface area contributed by atoms with Crippen molar-refractivity contribution in [1.82, 2.24) is 5.32 Å². The molecule has 61 heavy (non-hydrogen) atoms. The monoisotopic (exact) mass is 860 g/mol. The van der Waals surface area contributed by atoms with Crippen LogP contribution in [0.25, 0.3) is 0 Å². The molecular formula is C55H105NO5. The Balaban J connectivity index is 3.48. The lowest BCUT2D eigenvalue weighted by molar-refractivity contribution is -0.143. The third-order valence-corrected chi connectivity index (χ3v) is 12.5. The molecule has 2 unspecified atom stereocenters. The average molecular weight is 860 g/mol. The molecule has 0 spiro atoms. The summed E-state index contributed by atoms with van der Waals surface area (Å²) in [6.07, 6.45) is 60.1. The number of nitrogens with one attached hydrogen (secondary N) is 1. The van der Waals surface area contributed by atoms with Crippen molar-refractivity contribution in [2.75, 3.05) is 13.2 Å². The number of esters is 1. The molecule has 0 fully saturated rings. The Morgan fingerprint density at radius 1 is 0.443 bits per heavy atom. The van der Waals surface area contributed by atoms with E-state index < -0.39 is 12.1 Å². The number of amides is 1. The summed E-state index contributed by atoms with van der Waals surface area (Å²) in [5.41, 5.74) is 0. The molecule has 3 N–H and O–H groups in total. The van der Waals surface area contributed by atoms with E-state index in [1.54, 1.807) is 0 Å². The highest BCUT2D eigenvalue weighted by Crippen LogP contribution is 2.16. The van der Waals surface area contributed by atoms with Crippen molar-refractivity contribution in [3.8, 4) is 0 Å². The van der Waals surface area contributed by atoms with E-state index in [1.165, 1.54) is 186 Å². The third kappa shape index (κ3) is 47.7. The molecule has 0 rings (SSSR count). The smallest absolute Gasteiger partial charge is 0.305 e. The fourth-order valence-corrected chi connectivity index (χ4v) is 8.28. The number of aliphatic hydroxyl groups is 2. The summed E-state index contributed by atoms with van der Waals surface area (Å²) in [6.45, 7) is 4.91. The highest BCUT2D eigenvalue weighted by molar-refractivity contribution is 5.76. The summed E-state index contributed by atoms with van der Waals surface area (Å²) in [5, 5.41) is 23.2. The summed E-state index contributed by atoms with van der Waals surface area (Å²) >= 11 is 0. The number of carbonyl (C=O) groups excluding carboxylic acids is 2. The molecule has 1 amide bonds. The van der Waals surface area contributed by atoms with E-state index >= 15 is 0 Å². The molecule has 360 valence electrons. The lowest BCUT2D eigenvalue weighted by atomic mass is 10.0. The fourth-order valence-electron chi connectivity index (χ4n) is 8.28. The standard InChI is InChI=1S/C55H105NO5/c1-3-5-7-9-11-13-15-17-20-23-27-31-35-39-43-47-53(58)52(51-57)56-54(59)48-44-40-36-32-28-24-21-19-22-26-30-34-38-42-46-50-61-55(60)49-45-41-37-33-29-25-18-16-14-12-10-8-6-4-2/h16,18,22,26,52-53,57-58H,3-15,17,19-21,23-25,27-51H2,1-2H3,(H,56,59)/b18-16-,26-22-. The molecule has 0 saturated heterocycles. The summed E-state index contributed by atoms with van der Waals surface area (Å²) in [5.74, 6) is -0.0683. The number of carbonyl (C=O) groups is 2. The van der Waals surface area contributed by atoms with Gasteiger partial charge in [-0.2, -0.15) is 0 Å². The number of allylic oxidation sites excluding steroid dienone is 4. The normalized spacial score (nSPS) is 12.8. The van der Waals surface area contributed by atoms with Crippen LogP contribution in [0.5, 0.6) is 0 Å². The highest BCUT2D eigenvalue weighted by Gasteiger charge is 2.20. The van der Waals surface area contributed by atoms with E-state index in [0.717, 1.165) is 70.6 Å². The quantitative estimate of drug-likeness (QED) is 0.0322. The van der Waals surface area contributed by atoms with Crippen LogP contribution in [0.3, 0.4) is 0 Å². The van der Waals surface area contributed by atoms with Gasteiger partial charge in [0.2, 0.25) is 5.91 Å². The Labute approximate surface area is 380 Å². The molecule has 6 nitrogen and oxygen atoms in total. The zero-order valence-corrected chi connectivity index (χ0v) is 40.9. The largest absolute Gasteiger partial charge is 0.466 e. The molecule has 0 aliphatic heterocycles. The first kappa shape index (κ1) is 59.3. The molecule has 0 bridgehead atoms. The minimum atomic E-state index is -0.674. The minimum Gasteiger partial charge on any atom is -0.466 e. The van der Waals surface area contributed by atoms with Crippen LogP contribution in [0.1, 0.15) is 290 Å². The number of unbranched alkanes of at least 4 members (excludes halogenated alkanes) is 35. The van der Waals surface area contributed by atoms with E-state index in [1.807, 2.05) is 0 Å². The fraction of sp³-hybridized carbons (Fsp3) is 0.891. The van der Waals surface area contributed by atoms with Gasteiger partial charge < -0.3 is 20.3 Å². The van der Waals surface area contributed by atoms with Gasteiger partial charge in [-0.05, 0) is 77.0 Å². The van der Waals surface area contributed by atoms with Crippen molar-refractivity contribution in [3.05, 3.63) is 24.3 Å². The lowest BCUT2D eigenvalue weighted by Gasteiger charge is -2.22. The predicted molar refractivity (Wildman–Crippen MR) is 264 cm³/mol. The van der Waals surface area contributed by atoms with Gasteiger partial charge in [0.25, 0.3) is 0 Å². The number of hydrogen-bond acceptors (Lipinski definition) is 5. The van der Waals surface area contributed by atoms with Gasteiger partial charge in [-0.25, -0.2) is 0 Å². The average Bonchev–Trinajstić information content (AvgIpc) is 3.26. The molecule has 0 heterocycles. The van der Waals surface area contributed by atoms with Crippen molar-refractivity contribution < 1.29 is 24.5 Å². The van der Waals surface area contributed by atoms with Crippen molar-refractivity contribution in [3.63, 3.8) is 0 Å². The molecule has 0 aromatic heterocycles. The Hall–Kier alpha value is -1.66. The van der Waals surface area contributed by atoms with E-state index in [4.69, 9.17) is 4.74 Å². The Morgan fingerprint density at radius 2 is 0.770 bits per heavy atom. The van der Waals surface area contributed by atoms with Gasteiger partial charge in [-0.15, -0.1) is 0 Å². The maximum Gasteiger partial charge on any atom is 0.305 e. The Morgan fingerprint density at radius 3 is 1.16 bits per heavy atom. The number of rotatable bonds is 50. The second kappa shape index (κ2) is 51.0. The summed E-state index contributed by atoms with van der Waals surface area (Å²) in [4.78, 5) is 24.5. The molecule has 6 heteroatoms. The van der Waals surface area contributed by atoms with Crippen LogP contribution in [0.2, 0.25) is 0 Å². The molecule has 0 aliphatic carbocycles. The van der Waals surface area contributed by atoms with Crippen molar-refractivity contribution in [2.45, 2.75) is 302 Å². The van der Waals surface area contributed by atoms with Crippen LogP contribution in [-0.2, 0) is 14.3 Å². The highest BCUT2D eigenvalue weighted by atomic mass is 16.5. The molecular weight excluding hydrogens is 755 g/mol. The van der Waals surface area contributed by atoms with Gasteiger partial charge >= 0.3 is 5.97 Å². The van der Waals surface area contributed by atoms with Crippen LogP contribution in [0.4, 0.5) is 0 Å². The zero-order valence-electron chi connectivity index (χ0n) is 40.9. The van der Waals surface area contributed by atoms with Crippen LogP contribution < -0.4 is 5.32 Å². The number of ether oxygens (including phenoxy) is 1. The first-order valence-electron chi connectivity index (χ1n) is 27.1. The zero-order chi connectivity index (χ0) is 44.4. The minimum absolute atomic E-state index is 0.0186.